The minimum atomic E-state index is -0.397. The maximum Gasteiger partial charge on any atom is 0.253 e. The van der Waals surface area contributed by atoms with E-state index in [1.165, 1.54) is 12.1 Å². The number of carbonyl (C=O) groups is 3. The molecule has 2 aromatic carbocycles. The summed E-state index contributed by atoms with van der Waals surface area (Å²) in [7, 11) is 0. The molecule has 7 heteroatoms. The summed E-state index contributed by atoms with van der Waals surface area (Å²) in [5, 5.41) is 2.60. The molecule has 0 spiro atoms. The molecule has 2 aromatic rings. The van der Waals surface area contributed by atoms with Crippen LogP contribution in [0.3, 0.4) is 0 Å². The predicted octanol–water partition coefficient (Wildman–Crippen LogP) is 2.17. The average Bonchev–Trinajstić information content (AvgIpc) is 2.98. The molecule has 0 aliphatic carbocycles. The highest BCUT2D eigenvalue weighted by Crippen LogP contribution is 2.11. The zero-order chi connectivity index (χ0) is 21.5. The first kappa shape index (κ1) is 21.5. The Balaban J connectivity index is 1.48. The number of carbonyl (C=O) groups excluding carboxylic acids is 3. The van der Waals surface area contributed by atoms with Crippen molar-refractivity contribution in [1.82, 2.24) is 15.1 Å². The molecule has 1 aliphatic rings. The summed E-state index contributed by atoms with van der Waals surface area (Å²) in [5.74, 6) is -0.949. The second-order valence-corrected chi connectivity index (χ2v) is 7.48. The van der Waals surface area contributed by atoms with E-state index < -0.39 is 5.82 Å². The molecule has 6 nitrogen and oxygen atoms in total. The molecule has 158 valence electrons. The fourth-order valence-corrected chi connectivity index (χ4v) is 3.51. The molecular weight excluding hydrogens is 385 g/mol. The lowest BCUT2D eigenvalue weighted by Crippen LogP contribution is -2.42. The summed E-state index contributed by atoms with van der Waals surface area (Å²) in [6.07, 6.45) is 0.699. The fraction of sp³-hybridized carbons (Fsp3) is 0.348. The third-order valence-electron chi connectivity index (χ3n) is 5.09. The summed E-state index contributed by atoms with van der Waals surface area (Å²) >= 11 is 0. The highest BCUT2D eigenvalue weighted by molar-refractivity contribution is 5.94. The van der Waals surface area contributed by atoms with Gasteiger partial charge in [-0.2, -0.15) is 0 Å². The lowest BCUT2D eigenvalue weighted by Gasteiger charge is -2.22. The molecule has 0 bridgehead atoms. The molecule has 1 aliphatic heterocycles. The number of halogens is 1. The van der Waals surface area contributed by atoms with Crippen molar-refractivity contribution in [2.75, 3.05) is 32.7 Å². The monoisotopic (exact) mass is 411 g/mol. The van der Waals surface area contributed by atoms with Crippen molar-refractivity contribution in [3.05, 3.63) is 71.0 Å². The number of amides is 3. The van der Waals surface area contributed by atoms with Crippen molar-refractivity contribution in [2.45, 2.75) is 19.8 Å². The van der Waals surface area contributed by atoms with Crippen LogP contribution in [0.2, 0.25) is 0 Å². The number of hydrogen-bond donors (Lipinski definition) is 1. The lowest BCUT2D eigenvalue weighted by molar-refractivity contribution is -0.132. The van der Waals surface area contributed by atoms with Gasteiger partial charge in [-0.15, -0.1) is 0 Å². The average molecular weight is 411 g/mol. The number of aryl methyl sites for hydroxylation is 1. The first-order chi connectivity index (χ1) is 14.4. The molecule has 30 heavy (non-hydrogen) atoms. The zero-order valence-corrected chi connectivity index (χ0v) is 17.1. The van der Waals surface area contributed by atoms with Crippen LogP contribution in [0.25, 0.3) is 0 Å². The Bertz CT molecular complexity index is 931. The van der Waals surface area contributed by atoms with Gasteiger partial charge >= 0.3 is 0 Å². The maximum absolute atomic E-state index is 13.2. The van der Waals surface area contributed by atoms with Crippen LogP contribution in [0.1, 0.15) is 27.9 Å². The number of nitrogens with zero attached hydrogens (tertiary/aromatic N) is 2. The van der Waals surface area contributed by atoms with Crippen LogP contribution in [-0.4, -0.2) is 60.2 Å². The highest BCUT2D eigenvalue weighted by Gasteiger charge is 2.23. The molecule has 1 heterocycles. The minimum Gasteiger partial charge on any atom is -0.347 e. The van der Waals surface area contributed by atoms with E-state index in [4.69, 9.17) is 0 Å². The molecule has 0 unspecified atom stereocenters. The predicted molar refractivity (Wildman–Crippen MR) is 111 cm³/mol. The van der Waals surface area contributed by atoms with Gasteiger partial charge in [0.2, 0.25) is 11.8 Å². The number of rotatable bonds is 5. The smallest absolute Gasteiger partial charge is 0.253 e. The number of hydrogen-bond acceptors (Lipinski definition) is 3. The maximum atomic E-state index is 13.2. The summed E-state index contributed by atoms with van der Waals surface area (Å²) in [6.45, 7) is 3.84. The molecule has 1 N–H and O–H groups in total. The van der Waals surface area contributed by atoms with Crippen molar-refractivity contribution in [1.29, 1.82) is 0 Å². The number of benzene rings is 2. The normalized spacial score (nSPS) is 14.2. The molecule has 0 saturated carbocycles. The minimum absolute atomic E-state index is 0.0177. The van der Waals surface area contributed by atoms with E-state index in [1.54, 1.807) is 28.0 Å². The Labute approximate surface area is 175 Å². The van der Waals surface area contributed by atoms with E-state index in [-0.39, 0.29) is 30.7 Å². The van der Waals surface area contributed by atoms with Crippen LogP contribution in [0.15, 0.2) is 48.5 Å². The third kappa shape index (κ3) is 5.89. The van der Waals surface area contributed by atoms with Crippen LogP contribution in [0, 0.1) is 12.7 Å². The summed E-state index contributed by atoms with van der Waals surface area (Å²) in [4.78, 5) is 40.7. The van der Waals surface area contributed by atoms with Gasteiger partial charge in [0.05, 0.1) is 13.0 Å². The van der Waals surface area contributed by atoms with E-state index in [2.05, 4.69) is 5.32 Å². The van der Waals surface area contributed by atoms with Gasteiger partial charge in [0.15, 0.2) is 0 Å². The van der Waals surface area contributed by atoms with E-state index in [1.807, 2.05) is 25.1 Å². The molecule has 1 fully saturated rings. The first-order valence-corrected chi connectivity index (χ1v) is 10.1. The molecule has 0 atom stereocenters. The summed E-state index contributed by atoms with van der Waals surface area (Å²) in [5.41, 5.74) is 2.24. The Morgan fingerprint density at radius 1 is 0.967 bits per heavy atom. The zero-order valence-electron chi connectivity index (χ0n) is 17.1. The van der Waals surface area contributed by atoms with E-state index >= 15 is 0 Å². The molecular formula is C23H26FN3O3. The van der Waals surface area contributed by atoms with Gasteiger partial charge in [-0.1, -0.05) is 29.8 Å². The van der Waals surface area contributed by atoms with Crippen molar-refractivity contribution < 1.29 is 18.8 Å². The molecule has 0 radical (unpaired) electrons. The van der Waals surface area contributed by atoms with Crippen LogP contribution >= 0.6 is 0 Å². The Morgan fingerprint density at radius 2 is 1.70 bits per heavy atom. The van der Waals surface area contributed by atoms with E-state index in [0.717, 1.165) is 5.56 Å². The van der Waals surface area contributed by atoms with Gasteiger partial charge in [-0.25, -0.2) is 4.39 Å². The Morgan fingerprint density at radius 3 is 2.47 bits per heavy atom. The van der Waals surface area contributed by atoms with Gasteiger partial charge in [0.25, 0.3) is 5.91 Å². The van der Waals surface area contributed by atoms with Gasteiger partial charge in [0.1, 0.15) is 5.82 Å². The second-order valence-electron chi connectivity index (χ2n) is 7.48. The number of nitrogens with one attached hydrogen (secondary N) is 1. The van der Waals surface area contributed by atoms with Crippen LogP contribution in [0.4, 0.5) is 4.39 Å². The highest BCUT2D eigenvalue weighted by atomic mass is 19.1. The van der Waals surface area contributed by atoms with Crippen LogP contribution < -0.4 is 5.32 Å². The Kier molecular flexibility index (Phi) is 7.17. The fourth-order valence-electron chi connectivity index (χ4n) is 3.51. The Hall–Kier alpha value is -3.22. The molecule has 1 saturated heterocycles. The lowest BCUT2D eigenvalue weighted by atomic mass is 10.1. The SMILES string of the molecule is Cc1cccc(C(=O)N2CCCN(C(=O)CNC(=O)Cc3cccc(F)c3)CC2)c1. The van der Waals surface area contributed by atoms with E-state index in [9.17, 15) is 18.8 Å². The molecule has 0 aromatic heterocycles. The molecule has 3 amide bonds. The standard InChI is InChI=1S/C23H26FN3O3/c1-17-5-2-7-19(13-17)23(30)27-10-4-9-26(11-12-27)22(29)16-25-21(28)15-18-6-3-8-20(24)14-18/h2-3,5-8,13-14H,4,9-12,15-16H2,1H3,(H,25,28). The van der Waals surface area contributed by atoms with Gasteiger partial charge in [-0.3, -0.25) is 14.4 Å². The third-order valence-corrected chi connectivity index (χ3v) is 5.09. The van der Waals surface area contributed by atoms with Crippen LogP contribution in [0.5, 0.6) is 0 Å². The van der Waals surface area contributed by atoms with Crippen molar-refractivity contribution in [2.24, 2.45) is 0 Å². The largest absolute Gasteiger partial charge is 0.347 e. The summed E-state index contributed by atoms with van der Waals surface area (Å²) < 4.78 is 13.2. The van der Waals surface area contributed by atoms with Crippen LogP contribution in [-0.2, 0) is 16.0 Å². The first-order valence-electron chi connectivity index (χ1n) is 10.1. The second kappa shape index (κ2) is 10.0. The quantitative estimate of drug-likeness (QED) is 0.820. The van der Waals surface area contributed by atoms with Crippen molar-refractivity contribution in [3.8, 4) is 0 Å². The van der Waals surface area contributed by atoms with Crippen molar-refractivity contribution in [3.63, 3.8) is 0 Å². The summed E-state index contributed by atoms with van der Waals surface area (Å²) in [6, 6.07) is 13.3. The topological polar surface area (TPSA) is 69.7 Å². The molecule has 3 rings (SSSR count). The van der Waals surface area contributed by atoms with Crippen molar-refractivity contribution >= 4 is 17.7 Å². The van der Waals surface area contributed by atoms with E-state index in [0.29, 0.717) is 43.7 Å². The van der Waals surface area contributed by atoms with Gasteiger partial charge in [-0.05, 0) is 43.2 Å². The van der Waals surface area contributed by atoms with Gasteiger partial charge in [0, 0.05) is 31.7 Å². The van der Waals surface area contributed by atoms with Gasteiger partial charge < -0.3 is 15.1 Å².